The molecule has 0 saturated heterocycles. The zero-order chi connectivity index (χ0) is 21.8. The number of thiocarbonyl (C=S) groups is 1. The quantitative estimate of drug-likeness (QED) is 0.427. The van der Waals surface area contributed by atoms with Crippen LogP contribution in [-0.4, -0.2) is 22.1 Å². The van der Waals surface area contributed by atoms with Crippen LogP contribution < -0.4 is 15.6 Å². The highest BCUT2D eigenvalue weighted by molar-refractivity contribution is 7.80. The molecule has 0 aliphatic rings. The topological polar surface area (TPSA) is 70.5 Å². The molecule has 0 saturated carbocycles. The highest BCUT2D eigenvalue weighted by Crippen LogP contribution is 2.20. The van der Waals surface area contributed by atoms with Crippen molar-refractivity contribution in [3.05, 3.63) is 94.4 Å². The minimum absolute atomic E-state index is 0.202. The number of methoxy groups -OCH3 is 1. The third-order valence-corrected chi connectivity index (χ3v) is 5.16. The van der Waals surface area contributed by atoms with Crippen molar-refractivity contribution in [2.24, 2.45) is 0 Å². The fourth-order valence-electron chi connectivity index (χ4n) is 3.21. The third kappa shape index (κ3) is 4.92. The van der Waals surface area contributed by atoms with E-state index in [4.69, 9.17) is 21.4 Å². The standard InChI is InChI=1S/C23H20FN3O3S/c1-29-19-8-9-21-15(12-19)11-16(22(28)26-21)13-27(14-20-3-2-10-30-20)23(31)25-18-6-4-17(24)5-7-18/h2-12H,13-14H2,1H3,(H,25,31)(H,26,28). The summed E-state index contributed by atoms with van der Waals surface area (Å²) in [5, 5.41) is 4.33. The molecule has 2 aromatic heterocycles. The number of benzene rings is 2. The number of nitrogens with zero attached hydrogens (tertiary/aromatic N) is 1. The van der Waals surface area contributed by atoms with Crippen molar-refractivity contribution < 1.29 is 13.5 Å². The number of fused-ring (bicyclic) bond motifs is 1. The van der Waals surface area contributed by atoms with Crippen LogP contribution in [-0.2, 0) is 13.1 Å². The highest BCUT2D eigenvalue weighted by atomic mass is 32.1. The van der Waals surface area contributed by atoms with Gasteiger partial charge in [-0.3, -0.25) is 4.79 Å². The molecule has 0 aliphatic carbocycles. The summed E-state index contributed by atoms with van der Waals surface area (Å²) in [4.78, 5) is 17.4. The summed E-state index contributed by atoms with van der Waals surface area (Å²) in [5.41, 5.74) is 1.70. The maximum atomic E-state index is 13.2. The number of ether oxygens (including phenoxy) is 1. The van der Waals surface area contributed by atoms with E-state index >= 15 is 0 Å². The van der Waals surface area contributed by atoms with Gasteiger partial charge in [-0.1, -0.05) is 0 Å². The molecular formula is C23H20FN3O3S. The Morgan fingerprint density at radius 1 is 1.16 bits per heavy atom. The van der Waals surface area contributed by atoms with Crippen molar-refractivity contribution >= 4 is 33.9 Å². The maximum Gasteiger partial charge on any atom is 0.253 e. The smallest absolute Gasteiger partial charge is 0.253 e. The molecule has 0 amide bonds. The van der Waals surface area contributed by atoms with Crippen molar-refractivity contribution in [2.45, 2.75) is 13.1 Å². The summed E-state index contributed by atoms with van der Waals surface area (Å²) in [5.74, 6) is 1.07. The third-order valence-electron chi connectivity index (χ3n) is 4.80. The van der Waals surface area contributed by atoms with Gasteiger partial charge < -0.3 is 24.4 Å². The van der Waals surface area contributed by atoms with E-state index in [9.17, 15) is 9.18 Å². The molecule has 31 heavy (non-hydrogen) atoms. The minimum atomic E-state index is -0.331. The molecule has 158 valence electrons. The van der Waals surface area contributed by atoms with E-state index in [1.165, 1.54) is 12.1 Å². The van der Waals surface area contributed by atoms with Gasteiger partial charge in [0.2, 0.25) is 0 Å². The van der Waals surface area contributed by atoms with E-state index in [1.54, 1.807) is 43.7 Å². The lowest BCUT2D eigenvalue weighted by Gasteiger charge is -2.25. The molecule has 4 rings (SSSR count). The number of furan rings is 1. The lowest BCUT2D eigenvalue weighted by Crippen LogP contribution is -2.35. The second kappa shape index (κ2) is 9.01. The molecular weight excluding hydrogens is 417 g/mol. The number of rotatable bonds is 6. The Morgan fingerprint density at radius 2 is 1.97 bits per heavy atom. The van der Waals surface area contributed by atoms with E-state index in [2.05, 4.69) is 10.3 Å². The van der Waals surface area contributed by atoms with Gasteiger partial charge in [-0.05, 0) is 72.9 Å². The normalized spacial score (nSPS) is 10.8. The SMILES string of the molecule is COc1ccc2[nH]c(=O)c(CN(Cc3ccco3)C(=S)Nc3ccc(F)cc3)cc2c1. The molecule has 2 N–H and O–H groups in total. The second-order valence-electron chi connectivity index (χ2n) is 6.95. The zero-order valence-electron chi connectivity index (χ0n) is 16.7. The van der Waals surface area contributed by atoms with E-state index in [0.29, 0.717) is 34.4 Å². The first-order valence-corrected chi connectivity index (χ1v) is 9.96. The number of anilines is 1. The summed E-state index contributed by atoms with van der Waals surface area (Å²) >= 11 is 5.59. The van der Waals surface area contributed by atoms with Gasteiger partial charge in [0.1, 0.15) is 17.3 Å². The summed E-state index contributed by atoms with van der Waals surface area (Å²) in [6, 6.07) is 16.8. The van der Waals surface area contributed by atoms with Crippen LogP contribution in [0.4, 0.5) is 10.1 Å². The predicted molar refractivity (Wildman–Crippen MR) is 122 cm³/mol. The Bertz CT molecular complexity index is 1250. The van der Waals surface area contributed by atoms with Crippen LogP contribution >= 0.6 is 12.2 Å². The van der Waals surface area contributed by atoms with Crippen molar-refractivity contribution in [3.8, 4) is 5.75 Å². The van der Waals surface area contributed by atoms with Crippen LogP contribution in [0.5, 0.6) is 5.75 Å². The number of nitrogens with one attached hydrogen (secondary N) is 2. The number of H-pyrrole nitrogens is 1. The highest BCUT2D eigenvalue weighted by Gasteiger charge is 2.16. The minimum Gasteiger partial charge on any atom is -0.497 e. The van der Waals surface area contributed by atoms with Crippen molar-refractivity contribution in [1.82, 2.24) is 9.88 Å². The van der Waals surface area contributed by atoms with E-state index < -0.39 is 0 Å². The number of pyridine rings is 1. The molecule has 2 heterocycles. The van der Waals surface area contributed by atoms with Crippen LogP contribution in [0.1, 0.15) is 11.3 Å². The number of halogens is 1. The Balaban J connectivity index is 1.63. The summed E-state index contributed by atoms with van der Waals surface area (Å²) in [6.07, 6.45) is 1.58. The Hall–Kier alpha value is -3.65. The Labute approximate surface area is 183 Å². The molecule has 0 bridgehead atoms. The summed E-state index contributed by atoms with van der Waals surface area (Å²) < 4.78 is 24.0. The molecule has 0 spiro atoms. The molecule has 2 aromatic carbocycles. The van der Waals surface area contributed by atoms with Gasteiger partial charge in [0.25, 0.3) is 5.56 Å². The molecule has 0 fully saturated rings. The Morgan fingerprint density at radius 3 is 2.68 bits per heavy atom. The van der Waals surface area contributed by atoms with Crippen LogP contribution in [0.2, 0.25) is 0 Å². The van der Waals surface area contributed by atoms with Gasteiger partial charge in [0.05, 0.1) is 26.5 Å². The van der Waals surface area contributed by atoms with Crippen molar-refractivity contribution in [2.75, 3.05) is 12.4 Å². The molecule has 0 aliphatic heterocycles. The van der Waals surface area contributed by atoms with Gasteiger partial charge in [-0.2, -0.15) is 0 Å². The maximum absolute atomic E-state index is 13.2. The van der Waals surface area contributed by atoms with Crippen LogP contribution in [0.3, 0.4) is 0 Å². The van der Waals surface area contributed by atoms with E-state index in [-0.39, 0.29) is 17.9 Å². The molecule has 0 atom stereocenters. The molecule has 8 heteroatoms. The van der Waals surface area contributed by atoms with Crippen molar-refractivity contribution in [1.29, 1.82) is 0 Å². The van der Waals surface area contributed by atoms with Gasteiger partial charge in [-0.15, -0.1) is 0 Å². The molecule has 6 nitrogen and oxygen atoms in total. The summed E-state index contributed by atoms with van der Waals surface area (Å²) in [6.45, 7) is 0.603. The fourth-order valence-corrected chi connectivity index (χ4v) is 3.45. The number of aromatic amines is 1. The predicted octanol–water partition coefficient (Wildman–Crippen LogP) is 4.67. The van der Waals surface area contributed by atoms with Gasteiger partial charge in [0, 0.05) is 22.2 Å². The van der Waals surface area contributed by atoms with Crippen LogP contribution in [0.15, 0.2) is 76.1 Å². The average Bonchev–Trinajstić information content (AvgIpc) is 3.28. The molecule has 0 unspecified atom stereocenters. The molecule has 0 radical (unpaired) electrons. The monoisotopic (exact) mass is 437 g/mol. The first-order valence-electron chi connectivity index (χ1n) is 9.55. The first kappa shape index (κ1) is 20.6. The van der Waals surface area contributed by atoms with Gasteiger partial charge in [-0.25, -0.2) is 4.39 Å². The first-order chi connectivity index (χ1) is 15.0. The second-order valence-corrected chi connectivity index (χ2v) is 7.34. The van der Waals surface area contributed by atoms with E-state index in [1.807, 2.05) is 23.1 Å². The lowest BCUT2D eigenvalue weighted by atomic mass is 10.1. The number of hydrogen-bond acceptors (Lipinski definition) is 4. The molecule has 4 aromatic rings. The number of hydrogen-bond donors (Lipinski definition) is 2. The number of aromatic nitrogens is 1. The van der Waals surface area contributed by atoms with Gasteiger partial charge >= 0.3 is 0 Å². The van der Waals surface area contributed by atoms with Gasteiger partial charge in [0.15, 0.2) is 5.11 Å². The largest absolute Gasteiger partial charge is 0.497 e. The summed E-state index contributed by atoms with van der Waals surface area (Å²) in [7, 11) is 1.60. The fraction of sp³-hybridized carbons (Fsp3) is 0.130. The van der Waals surface area contributed by atoms with Crippen LogP contribution in [0.25, 0.3) is 10.9 Å². The van der Waals surface area contributed by atoms with Crippen molar-refractivity contribution in [3.63, 3.8) is 0 Å². The van der Waals surface area contributed by atoms with E-state index in [0.717, 1.165) is 10.9 Å². The average molecular weight is 437 g/mol. The Kier molecular flexibility index (Phi) is 5.99. The zero-order valence-corrected chi connectivity index (χ0v) is 17.5. The lowest BCUT2D eigenvalue weighted by molar-refractivity contribution is 0.359. The van der Waals surface area contributed by atoms with Crippen LogP contribution in [0, 0.1) is 5.82 Å².